The van der Waals surface area contributed by atoms with Crippen molar-refractivity contribution < 1.29 is 9.47 Å². The van der Waals surface area contributed by atoms with Crippen molar-refractivity contribution in [2.24, 2.45) is 0 Å². The van der Waals surface area contributed by atoms with E-state index in [1.165, 1.54) is 0 Å². The van der Waals surface area contributed by atoms with Crippen molar-refractivity contribution in [3.63, 3.8) is 0 Å². The molecule has 0 saturated heterocycles. The highest BCUT2D eigenvalue weighted by molar-refractivity contribution is 6.28. The van der Waals surface area contributed by atoms with E-state index in [4.69, 9.17) is 21.1 Å². The van der Waals surface area contributed by atoms with E-state index in [1.807, 2.05) is 30.3 Å². The van der Waals surface area contributed by atoms with Gasteiger partial charge in [-0.05, 0) is 41.9 Å². The average molecular weight is 286 g/mol. The summed E-state index contributed by atoms with van der Waals surface area (Å²) in [7, 11) is 0. The number of halogens is 1. The zero-order valence-corrected chi connectivity index (χ0v) is 11.0. The Bertz CT molecular complexity index is 823. The third-order valence-electron chi connectivity index (χ3n) is 3.07. The molecular formula is C14H8ClN3O2. The minimum absolute atomic E-state index is 0.193. The fourth-order valence-electron chi connectivity index (χ4n) is 2.18. The lowest BCUT2D eigenvalue weighted by atomic mass is 10.1. The van der Waals surface area contributed by atoms with Crippen molar-refractivity contribution in [2.45, 2.75) is 0 Å². The predicted molar refractivity (Wildman–Crippen MR) is 73.9 cm³/mol. The molecule has 0 N–H and O–H groups in total. The first-order valence-corrected chi connectivity index (χ1v) is 6.37. The topological polar surface area (TPSA) is 57.1 Å². The summed E-state index contributed by atoms with van der Waals surface area (Å²) in [6, 6.07) is 9.29. The number of ether oxygens (including phenoxy) is 2. The Morgan fingerprint density at radius 3 is 2.90 bits per heavy atom. The van der Waals surface area contributed by atoms with Gasteiger partial charge in [0.1, 0.15) is 11.2 Å². The first-order chi connectivity index (χ1) is 9.81. The zero-order valence-electron chi connectivity index (χ0n) is 10.2. The molecular weight excluding hydrogens is 278 g/mol. The summed E-state index contributed by atoms with van der Waals surface area (Å²) < 4.78 is 10.7. The van der Waals surface area contributed by atoms with Gasteiger partial charge >= 0.3 is 0 Å². The molecule has 0 fully saturated rings. The van der Waals surface area contributed by atoms with Crippen LogP contribution in [-0.4, -0.2) is 21.7 Å². The van der Waals surface area contributed by atoms with Crippen LogP contribution < -0.4 is 9.47 Å². The summed E-state index contributed by atoms with van der Waals surface area (Å²) in [6.45, 7) is 0.238. The number of benzene rings is 1. The van der Waals surface area contributed by atoms with Gasteiger partial charge in [0.15, 0.2) is 11.5 Å². The Kier molecular flexibility index (Phi) is 2.47. The van der Waals surface area contributed by atoms with Gasteiger partial charge in [-0.1, -0.05) is 0 Å². The molecule has 6 heteroatoms. The molecule has 0 bridgehead atoms. The molecule has 0 atom stereocenters. The normalized spacial score (nSPS) is 12.8. The molecule has 0 saturated carbocycles. The molecule has 4 rings (SSSR count). The Morgan fingerprint density at radius 2 is 1.95 bits per heavy atom. The van der Waals surface area contributed by atoms with Crippen LogP contribution in [0.2, 0.25) is 5.28 Å². The lowest BCUT2D eigenvalue weighted by Crippen LogP contribution is -1.93. The van der Waals surface area contributed by atoms with Gasteiger partial charge in [-0.15, -0.1) is 0 Å². The Balaban J connectivity index is 1.98. The minimum Gasteiger partial charge on any atom is -0.454 e. The largest absolute Gasteiger partial charge is 0.454 e. The van der Waals surface area contributed by atoms with Crippen LogP contribution in [-0.2, 0) is 0 Å². The summed E-state index contributed by atoms with van der Waals surface area (Å²) in [4.78, 5) is 12.8. The number of rotatable bonds is 1. The zero-order chi connectivity index (χ0) is 13.5. The third kappa shape index (κ3) is 1.75. The van der Waals surface area contributed by atoms with Crippen molar-refractivity contribution in [1.29, 1.82) is 0 Å². The van der Waals surface area contributed by atoms with Crippen molar-refractivity contribution >= 4 is 22.6 Å². The SMILES string of the molecule is Clc1nc(-c2ccc3c(c2)OCO3)c2ncccc2n1. The van der Waals surface area contributed by atoms with E-state index in [0.29, 0.717) is 22.5 Å². The second-order valence-electron chi connectivity index (χ2n) is 4.28. The number of aromatic nitrogens is 3. The van der Waals surface area contributed by atoms with Crippen LogP contribution in [0.5, 0.6) is 11.5 Å². The molecule has 1 aliphatic rings. The van der Waals surface area contributed by atoms with Crippen LogP contribution in [0.4, 0.5) is 0 Å². The standard InChI is InChI=1S/C14H8ClN3O2/c15-14-17-9-2-1-5-16-13(9)12(18-14)8-3-4-10-11(6-8)20-7-19-10/h1-6H,7H2. The lowest BCUT2D eigenvalue weighted by molar-refractivity contribution is 0.174. The monoisotopic (exact) mass is 285 g/mol. The molecule has 0 spiro atoms. The van der Waals surface area contributed by atoms with Crippen LogP contribution in [0.15, 0.2) is 36.5 Å². The third-order valence-corrected chi connectivity index (χ3v) is 3.24. The quantitative estimate of drug-likeness (QED) is 0.643. The second-order valence-corrected chi connectivity index (χ2v) is 4.62. The van der Waals surface area contributed by atoms with E-state index >= 15 is 0 Å². The average Bonchev–Trinajstić information content (AvgIpc) is 2.93. The molecule has 0 radical (unpaired) electrons. The molecule has 0 amide bonds. The Hall–Kier alpha value is -2.40. The fourth-order valence-corrected chi connectivity index (χ4v) is 2.36. The fraction of sp³-hybridized carbons (Fsp3) is 0.0714. The lowest BCUT2D eigenvalue weighted by Gasteiger charge is -2.06. The number of hydrogen-bond acceptors (Lipinski definition) is 5. The highest BCUT2D eigenvalue weighted by atomic mass is 35.5. The first kappa shape index (κ1) is 11.4. The summed E-state index contributed by atoms with van der Waals surface area (Å²) in [5.74, 6) is 1.42. The number of fused-ring (bicyclic) bond motifs is 2. The van der Waals surface area contributed by atoms with Gasteiger partial charge in [0.05, 0.1) is 5.52 Å². The van der Waals surface area contributed by atoms with Crippen molar-refractivity contribution in [1.82, 2.24) is 15.0 Å². The van der Waals surface area contributed by atoms with Gasteiger partial charge in [0, 0.05) is 11.8 Å². The molecule has 20 heavy (non-hydrogen) atoms. The first-order valence-electron chi connectivity index (χ1n) is 5.99. The van der Waals surface area contributed by atoms with Gasteiger partial charge in [-0.2, -0.15) is 0 Å². The maximum Gasteiger partial charge on any atom is 0.231 e. The van der Waals surface area contributed by atoms with E-state index in [1.54, 1.807) is 6.20 Å². The van der Waals surface area contributed by atoms with Crippen molar-refractivity contribution in [3.05, 3.63) is 41.8 Å². The van der Waals surface area contributed by atoms with Crippen molar-refractivity contribution in [2.75, 3.05) is 6.79 Å². The molecule has 0 aliphatic carbocycles. The van der Waals surface area contributed by atoms with Crippen LogP contribution >= 0.6 is 11.6 Å². The van der Waals surface area contributed by atoms with Crippen LogP contribution in [0.1, 0.15) is 0 Å². The molecule has 2 aromatic heterocycles. The molecule has 5 nitrogen and oxygen atoms in total. The smallest absolute Gasteiger partial charge is 0.231 e. The molecule has 3 aromatic rings. The summed E-state index contributed by atoms with van der Waals surface area (Å²) in [5, 5.41) is 0.193. The van der Waals surface area contributed by atoms with E-state index in [9.17, 15) is 0 Å². The Morgan fingerprint density at radius 1 is 1.05 bits per heavy atom. The highest BCUT2D eigenvalue weighted by Gasteiger charge is 2.16. The van der Waals surface area contributed by atoms with Gasteiger partial charge in [0.2, 0.25) is 12.1 Å². The molecule has 3 heterocycles. The maximum absolute atomic E-state index is 5.99. The summed E-state index contributed by atoms with van der Waals surface area (Å²) in [5.41, 5.74) is 2.96. The van der Waals surface area contributed by atoms with Gasteiger partial charge in [0.25, 0.3) is 0 Å². The van der Waals surface area contributed by atoms with Crippen LogP contribution in [0.3, 0.4) is 0 Å². The van der Waals surface area contributed by atoms with Gasteiger partial charge in [-0.25, -0.2) is 9.97 Å². The second kappa shape index (κ2) is 4.31. The highest BCUT2D eigenvalue weighted by Crippen LogP contribution is 2.36. The number of nitrogens with zero attached hydrogens (tertiary/aromatic N) is 3. The Labute approximate surface area is 119 Å². The van der Waals surface area contributed by atoms with E-state index in [2.05, 4.69) is 15.0 Å². The maximum atomic E-state index is 5.99. The molecule has 98 valence electrons. The van der Waals surface area contributed by atoms with Crippen molar-refractivity contribution in [3.8, 4) is 22.8 Å². The molecule has 0 unspecified atom stereocenters. The molecule has 1 aromatic carbocycles. The van der Waals surface area contributed by atoms with Gasteiger partial charge in [-0.3, -0.25) is 4.98 Å². The predicted octanol–water partition coefficient (Wildman–Crippen LogP) is 3.07. The number of hydrogen-bond donors (Lipinski definition) is 0. The molecule has 1 aliphatic heterocycles. The summed E-state index contributed by atoms with van der Waals surface area (Å²) in [6.07, 6.45) is 1.70. The van der Waals surface area contributed by atoms with Crippen LogP contribution in [0, 0.1) is 0 Å². The van der Waals surface area contributed by atoms with Gasteiger partial charge < -0.3 is 9.47 Å². The summed E-state index contributed by atoms with van der Waals surface area (Å²) >= 11 is 5.99. The van der Waals surface area contributed by atoms with E-state index < -0.39 is 0 Å². The van der Waals surface area contributed by atoms with E-state index in [-0.39, 0.29) is 12.1 Å². The number of pyridine rings is 1. The minimum atomic E-state index is 0.193. The van der Waals surface area contributed by atoms with Crippen LogP contribution in [0.25, 0.3) is 22.3 Å². The van der Waals surface area contributed by atoms with E-state index in [0.717, 1.165) is 11.3 Å².